The first kappa shape index (κ1) is 15.9. The third-order valence-electron chi connectivity index (χ3n) is 6.13. The molecule has 0 radical (unpaired) electrons. The highest BCUT2D eigenvalue weighted by Gasteiger charge is 2.42. The quantitative estimate of drug-likeness (QED) is 0.935. The number of nitrogens with zero attached hydrogens (tertiary/aromatic N) is 2. The molecule has 2 bridgehead atoms. The molecular formula is C20H26N2O2. The second kappa shape index (κ2) is 6.34. The summed E-state index contributed by atoms with van der Waals surface area (Å²) in [6, 6.07) is 8.07. The molecule has 4 heteroatoms. The number of aliphatic hydroxyl groups excluding tert-OH is 1. The van der Waals surface area contributed by atoms with Crippen molar-refractivity contribution in [3.8, 4) is 5.75 Å². The second-order valence-corrected chi connectivity index (χ2v) is 7.24. The second-order valence-electron chi connectivity index (χ2n) is 7.24. The van der Waals surface area contributed by atoms with Crippen LogP contribution in [0.5, 0.6) is 5.75 Å². The van der Waals surface area contributed by atoms with Crippen molar-refractivity contribution in [1.82, 2.24) is 9.88 Å². The molecule has 4 nitrogen and oxygen atoms in total. The zero-order valence-corrected chi connectivity index (χ0v) is 14.5. The zero-order valence-electron chi connectivity index (χ0n) is 14.5. The van der Waals surface area contributed by atoms with E-state index in [1.165, 1.54) is 12.8 Å². The molecule has 128 valence electrons. The van der Waals surface area contributed by atoms with Gasteiger partial charge < -0.3 is 9.84 Å². The number of hydrogen-bond acceptors (Lipinski definition) is 4. The molecule has 3 saturated heterocycles. The Morgan fingerprint density at radius 3 is 2.96 bits per heavy atom. The Bertz CT molecular complexity index is 733. The molecule has 0 aliphatic carbocycles. The van der Waals surface area contributed by atoms with Crippen LogP contribution < -0.4 is 4.74 Å². The van der Waals surface area contributed by atoms with Gasteiger partial charge in [-0.1, -0.05) is 13.3 Å². The van der Waals surface area contributed by atoms with Crippen LogP contribution in [0.2, 0.25) is 0 Å². The Morgan fingerprint density at radius 2 is 2.25 bits per heavy atom. The first-order valence-electron chi connectivity index (χ1n) is 9.06. The highest BCUT2D eigenvalue weighted by atomic mass is 16.5. The van der Waals surface area contributed by atoms with E-state index in [-0.39, 0.29) is 6.04 Å². The van der Waals surface area contributed by atoms with Crippen LogP contribution in [0, 0.1) is 11.8 Å². The van der Waals surface area contributed by atoms with Crippen molar-refractivity contribution < 1.29 is 9.84 Å². The zero-order chi connectivity index (χ0) is 16.7. The van der Waals surface area contributed by atoms with Crippen LogP contribution in [-0.4, -0.2) is 41.2 Å². The van der Waals surface area contributed by atoms with Crippen LogP contribution in [0.3, 0.4) is 0 Å². The molecule has 5 rings (SSSR count). The van der Waals surface area contributed by atoms with E-state index in [0.717, 1.165) is 53.6 Å². The van der Waals surface area contributed by atoms with Crippen molar-refractivity contribution in [3.63, 3.8) is 0 Å². The number of aromatic nitrogens is 1. The van der Waals surface area contributed by atoms with Gasteiger partial charge in [0.2, 0.25) is 0 Å². The molecule has 0 amide bonds. The molecule has 4 heterocycles. The van der Waals surface area contributed by atoms with Gasteiger partial charge in [-0.2, -0.15) is 0 Å². The van der Waals surface area contributed by atoms with Gasteiger partial charge in [-0.25, -0.2) is 0 Å². The van der Waals surface area contributed by atoms with E-state index >= 15 is 0 Å². The molecular weight excluding hydrogens is 300 g/mol. The van der Waals surface area contributed by atoms with Crippen molar-refractivity contribution in [1.29, 1.82) is 0 Å². The van der Waals surface area contributed by atoms with Crippen LogP contribution in [-0.2, 0) is 0 Å². The maximum absolute atomic E-state index is 11.2. The topological polar surface area (TPSA) is 45.6 Å². The van der Waals surface area contributed by atoms with Gasteiger partial charge in [-0.05, 0) is 61.1 Å². The molecule has 3 aliphatic rings. The molecule has 3 unspecified atom stereocenters. The molecule has 1 aromatic carbocycles. The van der Waals surface area contributed by atoms with Gasteiger partial charge in [0.1, 0.15) is 5.75 Å². The maximum Gasteiger partial charge on any atom is 0.119 e. The Hall–Kier alpha value is -1.65. The number of piperidine rings is 3. The highest BCUT2D eigenvalue weighted by molar-refractivity contribution is 5.83. The number of pyridine rings is 1. The number of rotatable bonds is 4. The smallest absolute Gasteiger partial charge is 0.119 e. The van der Waals surface area contributed by atoms with Crippen molar-refractivity contribution in [2.24, 2.45) is 11.8 Å². The summed E-state index contributed by atoms with van der Waals surface area (Å²) in [5, 5.41) is 12.2. The SMILES string of the molecule is CCC1CN2CC[C@H]1CC2[C@H](O)c1ccnc2ccc(OC)cc12. The highest BCUT2D eigenvalue weighted by Crippen LogP contribution is 2.42. The molecule has 1 aromatic heterocycles. The Balaban J connectivity index is 1.68. The number of fused-ring (bicyclic) bond motifs is 4. The molecule has 2 aromatic rings. The van der Waals surface area contributed by atoms with Gasteiger partial charge in [0, 0.05) is 24.2 Å². The lowest BCUT2D eigenvalue weighted by Gasteiger charge is -2.51. The summed E-state index contributed by atoms with van der Waals surface area (Å²) in [6.07, 6.45) is 4.97. The van der Waals surface area contributed by atoms with E-state index in [2.05, 4.69) is 16.8 Å². The Morgan fingerprint density at radius 1 is 1.38 bits per heavy atom. The van der Waals surface area contributed by atoms with Crippen LogP contribution >= 0.6 is 0 Å². The van der Waals surface area contributed by atoms with Crippen LogP contribution in [0.15, 0.2) is 30.5 Å². The lowest BCUT2D eigenvalue weighted by atomic mass is 9.72. The van der Waals surface area contributed by atoms with E-state index in [1.807, 2.05) is 24.3 Å². The summed E-state index contributed by atoms with van der Waals surface area (Å²) in [6.45, 7) is 4.55. The third-order valence-corrected chi connectivity index (χ3v) is 6.13. The number of benzene rings is 1. The van der Waals surface area contributed by atoms with Crippen molar-refractivity contribution in [2.75, 3.05) is 20.2 Å². The summed E-state index contributed by atoms with van der Waals surface area (Å²) >= 11 is 0. The summed E-state index contributed by atoms with van der Waals surface area (Å²) in [5.41, 5.74) is 1.89. The molecule has 1 N–H and O–H groups in total. The molecule has 3 fully saturated rings. The van der Waals surface area contributed by atoms with Crippen LogP contribution in [0.4, 0.5) is 0 Å². The summed E-state index contributed by atoms with van der Waals surface area (Å²) in [7, 11) is 1.67. The molecule has 24 heavy (non-hydrogen) atoms. The van der Waals surface area contributed by atoms with E-state index < -0.39 is 6.10 Å². The van der Waals surface area contributed by atoms with Gasteiger partial charge >= 0.3 is 0 Å². The van der Waals surface area contributed by atoms with E-state index in [1.54, 1.807) is 13.3 Å². The number of ether oxygens (including phenoxy) is 1. The predicted molar refractivity (Wildman–Crippen MR) is 95.1 cm³/mol. The average Bonchev–Trinajstić information content (AvgIpc) is 2.66. The fourth-order valence-corrected chi connectivity index (χ4v) is 4.71. The largest absolute Gasteiger partial charge is 0.497 e. The Labute approximate surface area is 143 Å². The number of hydrogen-bond donors (Lipinski definition) is 1. The van der Waals surface area contributed by atoms with Gasteiger partial charge in [-0.15, -0.1) is 0 Å². The minimum absolute atomic E-state index is 0.225. The summed E-state index contributed by atoms with van der Waals surface area (Å²) < 4.78 is 5.36. The van der Waals surface area contributed by atoms with Gasteiger partial charge in [0.15, 0.2) is 0 Å². The molecule has 0 saturated carbocycles. The summed E-state index contributed by atoms with van der Waals surface area (Å²) in [4.78, 5) is 6.94. The average molecular weight is 326 g/mol. The fraction of sp³-hybridized carbons (Fsp3) is 0.550. The van der Waals surface area contributed by atoms with Crippen molar-refractivity contribution in [3.05, 3.63) is 36.0 Å². The summed E-state index contributed by atoms with van der Waals surface area (Å²) in [5.74, 6) is 2.37. The minimum atomic E-state index is -0.469. The van der Waals surface area contributed by atoms with Gasteiger partial charge in [0.25, 0.3) is 0 Å². The van der Waals surface area contributed by atoms with Crippen molar-refractivity contribution >= 4 is 10.9 Å². The first-order valence-corrected chi connectivity index (χ1v) is 9.06. The monoisotopic (exact) mass is 326 g/mol. The standard InChI is InChI=1S/C20H26N2O2/c1-3-13-12-22-9-7-14(13)10-19(22)20(23)16-6-8-21-18-5-4-15(24-2)11-17(16)18/h4-6,8,11,13-14,19-20,23H,3,7,9-10,12H2,1-2H3/t13?,14-,19?,20+/m0/s1. The first-order chi connectivity index (χ1) is 11.7. The van der Waals surface area contributed by atoms with E-state index in [4.69, 9.17) is 4.74 Å². The Kier molecular flexibility index (Phi) is 4.19. The van der Waals surface area contributed by atoms with Crippen LogP contribution in [0.25, 0.3) is 10.9 Å². The minimum Gasteiger partial charge on any atom is -0.497 e. The number of methoxy groups -OCH3 is 1. The maximum atomic E-state index is 11.2. The van der Waals surface area contributed by atoms with Gasteiger partial charge in [-0.3, -0.25) is 9.88 Å². The third kappa shape index (κ3) is 2.58. The lowest BCUT2D eigenvalue weighted by Crippen LogP contribution is -2.55. The van der Waals surface area contributed by atoms with Gasteiger partial charge in [0.05, 0.1) is 18.7 Å². The lowest BCUT2D eigenvalue weighted by molar-refractivity contribution is -0.0562. The molecule has 0 spiro atoms. The molecule has 5 atom stereocenters. The number of aliphatic hydroxyl groups is 1. The fourth-order valence-electron chi connectivity index (χ4n) is 4.71. The van der Waals surface area contributed by atoms with Crippen LogP contribution in [0.1, 0.15) is 37.9 Å². The predicted octanol–water partition coefficient (Wildman–Crippen LogP) is 3.40. The normalized spacial score (nSPS) is 30.5. The molecule has 3 aliphatic heterocycles. The van der Waals surface area contributed by atoms with E-state index in [9.17, 15) is 5.11 Å². The van der Waals surface area contributed by atoms with E-state index in [0.29, 0.717) is 0 Å². The van der Waals surface area contributed by atoms with Crippen molar-refractivity contribution in [2.45, 2.75) is 38.3 Å².